The first-order valence-electron chi connectivity index (χ1n) is 6.51. The summed E-state index contributed by atoms with van der Waals surface area (Å²) in [4.78, 5) is 2.53. The van der Waals surface area contributed by atoms with Crippen molar-refractivity contribution < 1.29 is 17.6 Å². The molecule has 0 unspecified atom stereocenters. The van der Waals surface area contributed by atoms with E-state index in [0.29, 0.717) is 24.3 Å². The second-order valence-electron chi connectivity index (χ2n) is 5.42. The number of pyridine rings is 1. The number of nitrogens with zero attached hydrogens (tertiary/aromatic N) is 1. The van der Waals surface area contributed by atoms with Gasteiger partial charge in [-0.1, -0.05) is 0 Å². The normalized spacial score (nSPS) is 19.0. The van der Waals surface area contributed by atoms with Gasteiger partial charge in [0.2, 0.25) is 11.6 Å². The van der Waals surface area contributed by atoms with Crippen LogP contribution in [0.2, 0.25) is 0 Å². The molecule has 1 aromatic heterocycles. The van der Waals surface area contributed by atoms with E-state index in [9.17, 15) is 17.6 Å². The number of nitrogens with one attached hydrogen (secondary N) is 1. The maximum atomic E-state index is 13.4. The molecule has 1 aromatic rings. The first-order chi connectivity index (χ1) is 9.08. The van der Waals surface area contributed by atoms with Crippen LogP contribution in [-0.4, -0.2) is 11.5 Å². The molecule has 3 rings (SSSR count). The molecular formula is C13H14F4N2. The van der Waals surface area contributed by atoms with Crippen LogP contribution >= 0.6 is 0 Å². The Kier molecular flexibility index (Phi) is 3.11. The van der Waals surface area contributed by atoms with Crippen molar-refractivity contribution >= 4 is 5.69 Å². The van der Waals surface area contributed by atoms with Gasteiger partial charge in [0.05, 0.1) is 0 Å². The Morgan fingerprint density at radius 2 is 1.42 bits per heavy atom. The highest BCUT2D eigenvalue weighted by Gasteiger charge is 2.41. The van der Waals surface area contributed by atoms with Gasteiger partial charge in [-0.2, -0.15) is 22.5 Å². The van der Waals surface area contributed by atoms with Crippen LogP contribution in [0.5, 0.6) is 0 Å². The molecule has 2 fully saturated rings. The topological polar surface area (TPSA) is 24.9 Å². The van der Waals surface area contributed by atoms with Crippen molar-refractivity contribution in [3.05, 3.63) is 23.5 Å². The van der Waals surface area contributed by atoms with E-state index in [1.165, 1.54) is 0 Å². The smallest absolute Gasteiger partial charge is 0.253 e. The summed E-state index contributed by atoms with van der Waals surface area (Å²) in [5.41, 5.74) is -0.740. The van der Waals surface area contributed by atoms with Gasteiger partial charge in [-0.25, -0.2) is 0 Å². The summed E-state index contributed by atoms with van der Waals surface area (Å²) < 4.78 is 52.7. The Balaban J connectivity index is 1.75. The highest BCUT2D eigenvalue weighted by molar-refractivity contribution is 5.45. The van der Waals surface area contributed by atoms with Crippen LogP contribution < -0.4 is 5.32 Å². The largest absolute Gasteiger partial charge is 0.380 e. The fraction of sp³-hybridized carbons (Fsp3) is 0.615. The van der Waals surface area contributed by atoms with E-state index in [4.69, 9.17) is 0 Å². The molecule has 6 heteroatoms. The van der Waals surface area contributed by atoms with E-state index >= 15 is 0 Å². The van der Waals surface area contributed by atoms with Crippen LogP contribution in [0.3, 0.4) is 0 Å². The van der Waals surface area contributed by atoms with Gasteiger partial charge in [0.15, 0.2) is 0 Å². The molecule has 1 N–H and O–H groups in total. The molecule has 2 saturated carbocycles. The molecule has 0 amide bonds. The van der Waals surface area contributed by atoms with E-state index in [1.807, 2.05) is 0 Å². The minimum atomic E-state index is -1.62. The van der Waals surface area contributed by atoms with Gasteiger partial charge in [0.1, 0.15) is 5.69 Å². The van der Waals surface area contributed by atoms with E-state index < -0.39 is 29.2 Å². The van der Waals surface area contributed by atoms with Gasteiger partial charge in [0.25, 0.3) is 11.9 Å². The highest BCUT2D eigenvalue weighted by Crippen LogP contribution is 2.49. The lowest BCUT2D eigenvalue weighted by Crippen LogP contribution is -2.20. The summed E-state index contributed by atoms with van der Waals surface area (Å²) in [7, 11) is 0. The summed E-state index contributed by atoms with van der Waals surface area (Å²) in [6, 6.07) is 0. The summed E-state index contributed by atoms with van der Waals surface area (Å²) in [5.74, 6) is -4.62. The first-order valence-corrected chi connectivity index (χ1v) is 6.51. The molecule has 0 aliphatic heterocycles. The zero-order valence-corrected chi connectivity index (χ0v) is 10.2. The average Bonchev–Trinajstić information content (AvgIpc) is 3.24. The van der Waals surface area contributed by atoms with Gasteiger partial charge in [-0.05, 0) is 43.4 Å². The molecule has 0 bridgehead atoms. The number of anilines is 1. The molecule has 0 atom stereocenters. The third-order valence-electron chi connectivity index (χ3n) is 3.97. The van der Waals surface area contributed by atoms with Gasteiger partial charge in [0, 0.05) is 6.54 Å². The van der Waals surface area contributed by atoms with Crippen molar-refractivity contribution in [2.45, 2.75) is 25.7 Å². The Bertz CT molecular complexity index is 460. The molecule has 0 radical (unpaired) electrons. The number of rotatable bonds is 5. The van der Waals surface area contributed by atoms with E-state index in [1.54, 1.807) is 0 Å². The molecule has 2 nitrogen and oxygen atoms in total. The van der Waals surface area contributed by atoms with Crippen molar-refractivity contribution in [2.75, 3.05) is 11.9 Å². The lowest BCUT2D eigenvalue weighted by molar-refractivity contribution is 0.402. The Morgan fingerprint density at radius 3 is 1.84 bits per heavy atom. The van der Waals surface area contributed by atoms with Crippen molar-refractivity contribution in [1.82, 2.24) is 4.98 Å². The maximum Gasteiger partial charge on any atom is 0.253 e. The summed E-state index contributed by atoms with van der Waals surface area (Å²) in [6.45, 7) is 0.353. The lowest BCUT2D eigenvalue weighted by Gasteiger charge is -2.17. The maximum absolute atomic E-state index is 13.4. The van der Waals surface area contributed by atoms with E-state index in [2.05, 4.69) is 10.3 Å². The minimum absolute atomic E-state index is 0.345. The Labute approximate surface area is 108 Å². The van der Waals surface area contributed by atoms with Crippen molar-refractivity contribution in [2.24, 2.45) is 17.8 Å². The zero-order chi connectivity index (χ0) is 13.6. The van der Waals surface area contributed by atoms with Crippen LogP contribution in [0.1, 0.15) is 25.7 Å². The third-order valence-corrected chi connectivity index (χ3v) is 3.97. The Morgan fingerprint density at radius 1 is 0.947 bits per heavy atom. The molecule has 2 aliphatic carbocycles. The van der Waals surface area contributed by atoms with Crippen LogP contribution in [0.15, 0.2) is 0 Å². The van der Waals surface area contributed by atoms with Crippen LogP contribution in [-0.2, 0) is 0 Å². The van der Waals surface area contributed by atoms with E-state index in [-0.39, 0.29) is 0 Å². The molecule has 19 heavy (non-hydrogen) atoms. The fourth-order valence-corrected chi connectivity index (χ4v) is 2.63. The van der Waals surface area contributed by atoms with Gasteiger partial charge in [-0.15, -0.1) is 0 Å². The fourth-order valence-electron chi connectivity index (χ4n) is 2.63. The van der Waals surface area contributed by atoms with Crippen LogP contribution in [0.25, 0.3) is 0 Å². The average molecular weight is 274 g/mol. The second kappa shape index (κ2) is 4.65. The van der Waals surface area contributed by atoms with Crippen LogP contribution in [0, 0.1) is 41.3 Å². The lowest BCUT2D eigenvalue weighted by atomic mass is 9.98. The number of hydrogen-bond donors (Lipinski definition) is 1. The second-order valence-corrected chi connectivity index (χ2v) is 5.42. The van der Waals surface area contributed by atoms with Crippen molar-refractivity contribution in [1.29, 1.82) is 0 Å². The molecular weight excluding hydrogens is 260 g/mol. The molecule has 1 heterocycles. The number of hydrogen-bond acceptors (Lipinski definition) is 2. The molecule has 0 aromatic carbocycles. The first kappa shape index (κ1) is 12.7. The van der Waals surface area contributed by atoms with Crippen molar-refractivity contribution in [3.63, 3.8) is 0 Å². The number of aromatic nitrogens is 1. The standard InChI is InChI=1S/C13H14F4N2/c14-9-11(10(15)13(17)19-12(9)16)18-5-8(6-1-2-6)7-3-4-7/h6-8H,1-5H2,(H,18,19). The monoisotopic (exact) mass is 274 g/mol. The quantitative estimate of drug-likeness (QED) is 0.656. The SMILES string of the molecule is Fc1nc(F)c(F)c(NCC(C2CC2)C2CC2)c1F. The van der Waals surface area contributed by atoms with Crippen molar-refractivity contribution in [3.8, 4) is 0 Å². The molecule has 0 spiro atoms. The number of halogens is 4. The summed E-state index contributed by atoms with van der Waals surface area (Å²) in [5, 5.41) is 2.54. The van der Waals surface area contributed by atoms with Gasteiger partial charge >= 0.3 is 0 Å². The van der Waals surface area contributed by atoms with Crippen LogP contribution in [0.4, 0.5) is 23.2 Å². The predicted molar refractivity (Wildman–Crippen MR) is 61.5 cm³/mol. The van der Waals surface area contributed by atoms with Gasteiger partial charge in [-0.3, -0.25) is 0 Å². The summed E-state index contributed by atoms with van der Waals surface area (Å²) in [6.07, 6.45) is 4.53. The highest BCUT2D eigenvalue weighted by atomic mass is 19.2. The predicted octanol–water partition coefficient (Wildman–Crippen LogP) is 3.49. The third kappa shape index (κ3) is 2.53. The zero-order valence-electron chi connectivity index (χ0n) is 10.2. The summed E-state index contributed by atoms with van der Waals surface area (Å²) >= 11 is 0. The molecule has 2 aliphatic rings. The van der Waals surface area contributed by atoms with E-state index in [0.717, 1.165) is 25.7 Å². The van der Waals surface area contributed by atoms with Gasteiger partial charge < -0.3 is 5.32 Å². The Hall–Kier alpha value is -1.33. The molecule has 104 valence electrons. The minimum Gasteiger partial charge on any atom is -0.380 e. The molecule has 0 saturated heterocycles.